The lowest BCUT2D eigenvalue weighted by Gasteiger charge is -2.22. The number of anilines is 4. The average Bonchev–Trinajstić information content (AvgIpc) is 0.803. The van der Waals surface area contributed by atoms with Crippen LogP contribution in [0.25, 0.3) is 22.3 Å². The summed E-state index contributed by atoms with van der Waals surface area (Å²) in [6, 6.07) is 60.7. The second-order valence-corrected chi connectivity index (χ2v) is 29.5. The quantitative estimate of drug-likeness (QED) is 0.0542. The van der Waals surface area contributed by atoms with Crippen molar-refractivity contribution in [1.29, 1.82) is 0 Å². The van der Waals surface area contributed by atoms with E-state index in [0.29, 0.717) is 10.0 Å². The maximum absolute atomic E-state index is 6.61. The Bertz CT molecular complexity index is 5110. The fourth-order valence-electron chi connectivity index (χ4n) is 13.9. The molecule has 8 aromatic carbocycles. The van der Waals surface area contributed by atoms with Crippen LogP contribution in [0.2, 0.25) is 20.1 Å². The number of nitrogens with two attached hydrogens (primary N) is 2. The highest BCUT2D eigenvalue weighted by Gasteiger charge is 2.25. The van der Waals surface area contributed by atoms with Crippen LogP contribution in [-0.2, 0) is 0 Å². The van der Waals surface area contributed by atoms with Crippen molar-refractivity contribution in [3.8, 4) is 0 Å². The Morgan fingerprint density at radius 3 is 1.32 bits per heavy atom. The number of hydrogen-bond acceptors (Lipinski definition) is 4. The van der Waals surface area contributed by atoms with Gasteiger partial charge in [-0.2, -0.15) is 0 Å². The van der Waals surface area contributed by atoms with E-state index in [1.54, 1.807) is 0 Å². The average molecular weight is 1680 g/mol. The lowest BCUT2D eigenvalue weighted by molar-refractivity contribution is -0.519. The molecule has 6 N–H and O–H groups in total. The molecule has 0 atom stereocenters. The van der Waals surface area contributed by atoms with Gasteiger partial charge in [-0.25, -0.2) is 14.1 Å². The van der Waals surface area contributed by atoms with Gasteiger partial charge >= 0.3 is 0 Å². The third-order valence-electron chi connectivity index (χ3n) is 20.0. The molecule has 114 heavy (non-hydrogen) atoms. The number of allylic oxidation sites excluding steroid dienone is 20. The van der Waals surface area contributed by atoms with Gasteiger partial charge in [0.1, 0.15) is 33.7 Å². The zero-order valence-corrected chi connectivity index (χ0v) is 74.5. The molecule has 0 unspecified atom stereocenters. The topological polar surface area (TPSA) is 90.1 Å². The molecule has 0 spiro atoms. The third-order valence-corrected chi connectivity index (χ3v) is 21.3. The molecule has 0 amide bonds. The van der Waals surface area contributed by atoms with Gasteiger partial charge < -0.3 is 70.5 Å². The summed E-state index contributed by atoms with van der Waals surface area (Å²) in [5.41, 5.74) is 39.5. The molecule has 4 aliphatic carbocycles. The fraction of sp³-hybridized carbons (Fsp3) is 0.224. The normalized spacial score (nSPS) is 13.8. The Labute approximate surface area is 724 Å². The number of benzene rings is 8. The SMILES string of the molecule is CC1=CC(=C(c2cc(C)c(N)c(C)c2)c2c(Cl)cccc2Cl)C=C(C)C1=[NH2+].CCN(CC)c1ccc(C(=C2C=CC(=[N+](CC)CC)C=C2)c2ccccc2)cc1.CCNc1ccc(/C(=C2\C=CC(=[NH+]CC)C(C)=C2)c2ccccc2Cl)cc1C.CN(C)c1ccc(C(=C2C=CC(=[N+](C)C)C=C2)c2ccccc2Cl)cc1.[Cl-].[Cl-].[Cl-].[Cl-]. The maximum Gasteiger partial charge on any atom is 0.202 e. The van der Waals surface area contributed by atoms with E-state index in [1.165, 1.54) is 78.7 Å². The van der Waals surface area contributed by atoms with E-state index in [4.69, 9.17) is 57.5 Å². The molecule has 8 aromatic rings. The summed E-state index contributed by atoms with van der Waals surface area (Å²) in [5.74, 6) is 0. The number of aryl methyl sites for hydroxylation is 3. The van der Waals surface area contributed by atoms with Gasteiger partial charge in [0, 0.05) is 140 Å². The van der Waals surface area contributed by atoms with Crippen LogP contribution >= 0.6 is 46.4 Å². The van der Waals surface area contributed by atoms with Gasteiger partial charge in [-0.05, 0) is 294 Å². The van der Waals surface area contributed by atoms with Crippen molar-refractivity contribution >= 4 is 114 Å². The number of hydrogen-bond donors (Lipinski definition) is 4. The van der Waals surface area contributed by atoms with Crippen molar-refractivity contribution in [3.63, 3.8) is 0 Å². The van der Waals surface area contributed by atoms with Crippen molar-refractivity contribution in [2.75, 3.05) is 88.3 Å². The monoisotopic (exact) mass is 1680 g/mol. The zero-order chi connectivity index (χ0) is 79.3. The van der Waals surface area contributed by atoms with Crippen molar-refractivity contribution in [1.82, 2.24) is 0 Å². The minimum Gasteiger partial charge on any atom is -1.00 e. The maximum atomic E-state index is 6.61. The summed E-state index contributed by atoms with van der Waals surface area (Å²) in [4.78, 5) is 7.90. The highest BCUT2D eigenvalue weighted by atomic mass is 35.5. The first-order valence-electron chi connectivity index (χ1n) is 38.1. The third kappa shape index (κ3) is 24.0. The van der Waals surface area contributed by atoms with Crippen LogP contribution in [0.3, 0.4) is 0 Å². The Morgan fingerprint density at radius 1 is 0.430 bits per heavy atom. The Hall–Kier alpha value is -9.16. The second-order valence-electron chi connectivity index (χ2n) is 27.9. The fourth-order valence-corrected chi connectivity index (χ4v) is 15.0. The lowest BCUT2D eigenvalue weighted by atomic mass is 9.85. The van der Waals surface area contributed by atoms with E-state index >= 15 is 0 Å². The minimum atomic E-state index is 0. The predicted octanol–water partition coefficient (Wildman–Crippen LogP) is 9.06. The summed E-state index contributed by atoms with van der Waals surface area (Å²) < 4.78 is 4.48. The molecule has 0 heterocycles. The smallest absolute Gasteiger partial charge is 0.202 e. The molecule has 0 aromatic heterocycles. The van der Waals surface area contributed by atoms with Crippen molar-refractivity contribution in [3.05, 3.63) is 375 Å². The molecule has 0 bridgehead atoms. The highest BCUT2D eigenvalue weighted by Crippen LogP contribution is 2.42. The minimum absolute atomic E-state index is 0. The summed E-state index contributed by atoms with van der Waals surface area (Å²) >= 11 is 26.3. The van der Waals surface area contributed by atoms with Crippen LogP contribution < -0.4 is 80.9 Å². The van der Waals surface area contributed by atoms with Crippen LogP contribution in [0, 0.1) is 20.8 Å². The molecular weight excluding hydrogens is 1570 g/mol. The van der Waals surface area contributed by atoms with Crippen LogP contribution in [0.5, 0.6) is 0 Å². The van der Waals surface area contributed by atoms with E-state index in [2.05, 4.69) is 285 Å². The van der Waals surface area contributed by atoms with E-state index < -0.39 is 0 Å². The molecule has 0 fully saturated rings. The first-order valence-corrected chi connectivity index (χ1v) is 39.6. The van der Waals surface area contributed by atoms with E-state index in [-0.39, 0.29) is 49.6 Å². The highest BCUT2D eigenvalue weighted by molar-refractivity contribution is 6.38. The van der Waals surface area contributed by atoms with Crippen molar-refractivity contribution in [2.45, 2.75) is 83.1 Å². The molecule has 596 valence electrons. The summed E-state index contributed by atoms with van der Waals surface area (Å²) in [5, 5.41) is 12.3. The molecule has 4 aliphatic rings. The molecular formula is C98H108Cl8N8. The van der Waals surface area contributed by atoms with Crippen molar-refractivity contribution in [2.24, 2.45) is 0 Å². The molecule has 8 nitrogen and oxygen atoms in total. The number of nitrogen functional groups attached to an aromatic ring is 1. The zero-order valence-electron chi connectivity index (χ0n) is 68.5. The Balaban J connectivity index is 0.000000268. The summed E-state index contributed by atoms with van der Waals surface area (Å²) in [6.45, 7) is 31.3. The van der Waals surface area contributed by atoms with Crippen LogP contribution in [0.15, 0.2) is 294 Å². The Kier molecular flexibility index (Phi) is 38.3. The molecule has 16 heteroatoms. The van der Waals surface area contributed by atoms with Gasteiger partial charge in [-0.1, -0.05) is 150 Å². The molecule has 0 radical (unpaired) electrons. The van der Waals surface area contributed by atoms with Gasteiger partial charge in [-0.15, -0.1) is 0 Å². The van der Waals surface area contributed by atoms with Gasteiger partial charge in [0.05, 0.1) is 0 Å². The number of halogens is 8. The van der Waals surface area contributed by atoms with E-state index in [1.807, 2.05) is 110 Å². The van der Waals surface area contributed by atoms with Crippen LogP contribution in [0.4, 0.5) is 22.7 Å². The molecule has 0 aliphatic heterocycles. The molecule has 0 saturated heterocycles. The van der Waals surface area contributed by atoms with Gasteiger partial charge in [-0.3, -0.25) is 5.41 Å². The first kappa shape index (κ1) is 95.4. The summed E-state index contributed by atoms with van der Waals surface area (Å²) in [7, 11) is 8.20. The van der Waals surface area contributed by atoms with E-state index in [0.717, 1.165) is 139 Å². The van der Waals surface area contributed by atoms with Gasteiger partial charge in [0.15, 0.2) is 11.4 Å². The molecule has 0 saturated carbocycles. The Morgan fingerprint density at radius 2 is 0.860 bits per heavy atom. The van der Waals surface area contributed by atoms with Crippen LogP contribution in [0.1, 0.15) is 124 Å². The number of nitrogens with zero attached hydrogens (tertiary/aromatic N) is 4. The standard InChI is InChI=1S/C27H33N2.C25H27ClN2.C23H22Cl2N2.C23H24ClN2.4ClH/c1-5-28(6-2)25-18-14-23(15-19-25)27(22-12-10-9-11-13-22)24-16-20-26(21-17-24)29(7-3)8-4;1-5-27-23-13-11-19(15-17(23)3)25(21-9-7-8-10-22(21)26)20-12-14-24(28-6-2)18(4)16-20;1-12-8-16(9-13(2)22(12)26)20(21-18(24)6-5-7-19(21)25)17-10-14(3)23(27)15(4)11-17;1-25(2)19-13-9-17(10-14-19)23(21-7-5-6-8-22(21)24)18-11-15-20(16-12-18)26(3)4;;;;/h9-21H,5-8H2,1-4H3;7-16,27H,5-6H2,1-4H3;5-11,26H,27H2,1-4H3;5-16H,1-4H3;4*1H/q+1;;;+1;;;;/p-2/b;25-20-,28-24?;;;;;;. The molecule has 12 rings (SSSR count). The lowest BCUT2D eigenvalue weighted by Crippen LogP contribution is -3.00. The predicted molar refractivity (Wildman–Crippen MR) is 480 cm³/mol. The number of nitrogens with one attached hydrogen (secondary N) is 2. The van der Waals surface area contributed by atoms with Crippen LogP contribution in [-0.4, -0.2) is 99.5 Å². The first-order chi connectivity index (χ1) is 52.9. The van der Waals surface area contributed by atoms with Gasteiger partial charge in [0.2, 0.25) is 11.4 Å². The largest absolute Gasteiger partial charge is 1.00 e. The van der Waals surface area contributed by atoms with Crippen molar-refractivity contribution < 1.29 is 69.2 Å². The summed E-state index contributed by atoms with van der Waals surface area (Å²) in [6.07, 6.45) is 28.3. The van der Waals surface area contributed by atoms with Gasteiger partial charge in [0.25, 0.3) is 0 Å². The second kappa shape index (κ2) is 45.8. The number of rotatable bonds is 17. The van der Waals surface area contributed by atoms with E-state index in [9.17, 15) is 0 Å².